The van der Waals surface area contributed by atoms with Gasteiger partial charge in [0.25, 0.3) is 0 Å². The van der Waals surface area contributed by atoms with Crippen LogP contribution >= 0.6 is 0 Å². The first-order valence-electron chi connectivity index (χ1n) is 8.43. The zero-order valence-electron chi connectivity index (χ0n) is 14.4. The summed E-state index contributed by atoms with van der Waals surface area (Å²) in [6.07, 6.45) is 2.53. The van der Waals surface area contributed by atoms with Gasteiger partial charge in [0.2, 0.25) is 5.91 Å². The van der Waals surface area contributed by atoms with Crippen LogP contribution in [0.5, 0.6) is 0 Å². The molecule has 1 aliphatic heterocycles. The average Bonchev–Trinajstić information content (AvgIpc) is 3.01. The predicted octanol–water partition coefficient (Wildman–Crippen LogP) is 2.74. The number of morpholine rings is 1. The van der Waals surface area contributed by atoms with Crippen LogP contribution in [-0.2, 0) is 16.6 Å². The number of hydrogen-bond acceptors (Lipinski definition) is 3. The number of aromatic nitrogens is 1. The van der Waals surface area contributed by atoms with E-state index < -0.39 is 0 Å². The van der Waals surface area contributed by atoms with Crippen molar-refractivity contribution in [1.29, 1.82) is 0 Å². The molecule has 0 bridgehead atoms. The molecule has 2 aromatic rings. The molecule has 2 heterocycles. The van der Waals surface area contributed by atoms with Crippen molar-refractivity contribution in [2.75, 3.05) is 31.6 Å². The first kappa shape index (κ1) is 16.7. The van der Waals surface area contributed by atoms with E-state index in [2.05, 4.69) is 20.9 Å². The van der Waals surface area contributed by atoms with Crippen molar-refractivity contribution in [3.8, 4) is 0 Å². The molecule has 0 spiro atoms. The van der Waals surface area contributed by atoms with Gasteiger partial charge in [-0.25, -0.2) is 0 Å². The lowest BCUT2D eigenvalue weighted by Gasteiger charge is -2.35. The fourth-order valence-corrected chi connectivity index (χ4v) is 3.17. The lowest BCUT2D eigenvalue weighted by atomic mass is 10.1. The molecule has 5 nitrogen and oxygen atoms in total. The van der Waals surface area contributed by atoms with E-state index in [1.54, 1.807) is 0 Å². The van der Waals surface area contributed by atoms with E-state index in [-0.39, 0.29) is 11.9 Å². The van der Waals surface area contributed by atoms with Gasteiger partial charge in [0.15, 0.2) is 0 Å². The molecule has 0 saturated carbocycles. The number of benzene rings is 1. The molecule has 1 aliphatic rings. The smallest absolute Gasteiger partial charge is 0.225 e. The highest BCUT2D eigenvalue weighted by Crippen LogP contribution is 2.24. The van der Waals surface area contributed by atoms with Gasteiger partial charge in [0.05, 0.1) is 19.3 Å². The number of nitrogens with one attached hydrogen (secondary N) is 1. The number of nitrogens with zero attached hydrogens (tertiary/aromatic N) is 2. The summed E-state index contributed by atoms with van der Waals surface area (Å²) in [5.41, 5.74) is 3.20. The Bertz CT molecular complexity index is 695. The summed E-state index contributed by atoms with van der Waals surface area (Å²) < 4.78 is 7.78. The molecule has 0 radical (unpaired) electrons. The van der Waals surface area contributed by atoms with Gasteiger partial charge in [0.1, 0.15) is 0 Å². The van der Waals surface area contributed by atoms with Crippen molar-refractivity contribution >= 4 is 11.6 Å². The largest absolute Gasteiger partial charge is 0.378 e. The minimum absolute atomic E-state index is 0.0569. The molecule has 5 heteroatoms. The van der Waals surface area contributed by atoms with Gasteiger partial charge >= 0.3 is 0 Å². The lowest BCUT2D eigenvalue weighted by molar-refractivity contribution is -0.117. The normalized spacial score (nSPS) is 18.5. The molecule has 1 saturated heterocycles. The highest BCUT2D eigenvalue weighted by atomic mass is 16.5. The van der Waals surface area contributed by atoms with E-state index in [1.165, 1.54) is 5.69 Å². The third-order valence-corrected chi connectivity index (χ3v) is 4.61. The Balaban J connectivity index is 1.59. The molecule has 0 unspecified atom stereocenters. The number of aryl methyl sites for hydroxylation is 2. The van der Waals surface area contributed by atoms with Gasteiger partial charge < -0.3 is 14.6 Å². The Morgan fingerprint density at radius 3 is 2.88 bits per heavy atom. The molecule has 3 rings (SSSR count). The van der Waals surface area contributed by atoms with Crippen molar-refractivity contribution in [3.63, 3.8) is 0 Å². The number of para-hydroxylation sites is 1. The van der Waals surface area contributed by atoms with Gasteiger partial charge in [-0.15, -0.1) is 0 Å². The third kappa shape index (κ3) is 3.86. The number of amides is 1. The minimum atomic E-state index is 0.0569. The van der Waals surface area contributed by atoms with Crippen molar-refractivity contribution in [1.82, 2.24) is 9.47 Å². The SMILES string of the molecule is Cc1ccccc1NC(=O)CCN1CCOC[C@@H]1c1cccn1C. The molecule has 0 aliphatic carbocycles. The van der Waals surface area contributed by atoms with Crippen LogP contribution in [0.2, 0.25) is 0 Å². The Kier molecular flexibility index (Phi) is 5.33. The topological polar surface area (TPSA) is 46.5 Å². The quantitative estimate of drug-likeness (QED) is 0.918. The van der Waals surface area contributed by atoms with Crippen LogP contribution in [0.25, 0.3) is 0 Å². The summed E-state index contributed by atoms with van der Waals surface area (Å²) in [5.74, 6) is 0.0569. The van der Waals surface area contributed by atoms with Gasteiger partial charge in [-0.3, -0.25) is 9.69 Å². The predicted molar refractivity (Wildman–Crippen MR) is 95.0 cm³/mol. The second-order valence-electron chi connectivity index (χ2n) is 6.28. The van der Waals surface area contributed by atoms with Crippen LogP contribution < -0.4 is 5.32 Å². The van der Waals surface area contributed by atoms with E-state index >= 15 is 0 Å². The van der Waals surface area contributed by atoms with Crippen LogP contribution in [0.4, 0.5) is 5.69 Å². The standard InChI is InChI=1S/C19H25N3O2/c1-15-6-3-4-7-16(15)20-19(23)9-11-22-12-13-24-14-18(22)17-8-5-10-21(17)2/h3-8,10,18H,9,11-14H2,1-2H3,(H,20,23)/t18-/m1/s1. The second kappa shape index (κ2) is 7.64. The van der Waals surface area contributed by atoms with Crippen LogP contribution in [0, 0.1) is 6.92 Å². The van der Waals surface area contributed by atoms with Crippen LogP contribution in [0.3, 0.4) is 0 Å². The molecule has 128 valence electrons. The van der Waals surface area contributed by atoms with Crippen molar-refractivity contribution in [2.45, 2.75) is 19.4 Å². The van der Waals surface area contributed by atoms with Crippen LogP contribution in [-0.4, -0.2) is 41.7 Å². The zero-order chi connectivity index (χ0) is 16.9. The highest BCUT2D eigenvalue weighted by Gasteiger charge is 2.26. The molecule has 1 N–H and O–H groups in total. The zero-order valence-corrected chi connectivity index (χ0v) is 14.4. The molecule has 1 amide bonds. The van der Waals surface area contributed by atoms with Crippen molar-refractivity contribution < 1.29 is 9.53 Å². The lowest BCUT2D eigenvalue weighted by Crippen LogP contribution is -2.41. The number of ether oxygens (including phenoxy) is 1. The van der Waals surface area contributed by atoms with Gasteiger partial charge in [-0.1, -0.05) is 18.2 Å². The molecule has 1 aromatic heterocycles. The summed E-state index contributed by atoms with van der Waals surface area (Å²) >= 11 is 0. The van der Waals surface area contributed by atoms with E-state index in [1.807, 2.05) is 50.5 Å². The molecule has 24 heavy (non-hydrogen) atoms. The fourth-order valence-electron chi connectivity index (χ4n) is 3.17. The van der Waals surface area contributed by atoms with Crippen molar-refractivity contribution in [3.05, 3.63) is 53.9 Å². The molecule has 1 aromatic carbocycles. The Morgan fingerprint density at radius 2 is 2.12 bits per heavy atom. The number of rotatable bonds is 5. The summed E-state index contributed by atoms with van der Waals surface area (Å²) in [7, 11) is 2.05. The number of carbonyl (C=O) groups is 1. The van der Waals surface area contributed by atoms with E-state index in [0.717, 1.165) is 30.9 Å². The summed E-state index contributed by atoms with van der Waals surface area (Å²) in [6.45, 7) is 4.99. The number of carbonyl (C=O) groups excluding carboxylic acids is 1. The Labute approximate surface area is 143 Å². The number of hydrogen-bond donors (Lipinski definition) is 1. The highest BCUT2D eigenvalue weighted by molar-refractivity contribution is 5.91. The van der Waals surface area contributed by atoms with Crippen LogP contribution in [0.1, 0.15) is 23.7 Å². The number of anilines is 1. The average molecular weight is 327 g/mol. The molecular formula is C19H25N3O2. The Morgan fingerprint density at radius 1 is 1.29 bits per heavy atom. The maximum Gasteiger partial charge on any atom is 0.225 e. The monoisotopic (exact) mass is 327 g/mol. The summed E-state index contributed by atoms with van der Waals surface area (Å²) in [5, 5.41) is 3.01. The van der Waals surface area contributed by atoms with Gasteiger partial charge in [-0.2, -0.15) is 0 Å². The minimum Gasteiger partial charge on any atom is -0.378 e. The van der Waals surface area contributed by atoms with Gasteiger partial charge in [0, 0.05) is 44.1 Å². The summed E-state index contributed by atoms with van der Waals surface area (Å²) in [6, 6.07) is 12.2. The summed E-state index contributed by atoms with van der Waals surface area (Å²) in [4.78, 5) is 14.6. The third-order valence-electron chi connectivity index (χ3n) is 4.61. The molecular weight excluding hydrogens is 302 g/mol. The van der Waals surface area contributed by atoms with E-state index in [0.29, 0.717) is 13.0 Å². The van der Waals surface area contributed by atoms with Crippen LogP contribution in [0.15, 0.2) is 42.6 Å². The van der Waals surface area contributed by atoms with E-state index in [4.69, 9.17) is 4.74 Å². The first-order valence-corrected chi connectivity index (χ1v) is 8.43. The van der Waals surface area contributed by atoms with E-state index in [9.17, 15) is 4.79 Å². The molecule has 1 fully saturated rings. The van der Waals surface area contributed by atoms with Gasteiger partial charge in [-0.05, 0) is 30.7 Å². The van der Waals surface area contributed by atoms with Crippen molar-refractivity contribution in [2.24, 2.45) is 7.05 Å². The second-order valence-corrected chi connectivity index (χ2v) is 6.28. The maximum absolute atomic E-state index is 12.3. The first-order chi connectivity index (χ1) is 11.6. The molecule has 1 atom stereocenters. The Hall–Kier alpha value is -2.11. The maximum atomic E-state index is 12.3. The fraction of sp³-hybridized carbons (Fsp3) is 0.421.